The van der Waals surface area contributed by atoms with Crippen LogP contribution in [0.2, 0.25) is 0 Å². The highest BCUT2D eigenvalue weighted by Crippen LogP contribution is 2.24. The first-order valence-electron chi connectivity index (χ1n) is 4.56. The number of rotatable bonds is 2. The molecule has 1 unspecified atom stereocenters. The lowest BCUT2D eigenvalue weighted by atomic mass is 9.99. The second-order valence-corrected chi connectivity index (χ2v) is 4.68. The molecular weight excluding hydrogens is 226 g/mol. The van der Waals surface area contributed by atoms with Gasteiger partial charge in [0.2, 0.25) is 0 Å². The highest BCUT2D eigenvalue weighted by molar-refractivity contribution is 9.10. The summed E-state index contributed by atoms with van der Waals surface area (Å²) in [6.07, 6.45) is 0. The van der Waals surface area contributed by atoms with E-state index in [0.29, 0.717) is 5.92 Å². The van der Waals surface area contributed by atoms with E-state index in [-0.39, 0.29) is 6.04 Å². The van der Waals surface area contributed by atoms with Gasteiger partial charge >= 0.3 is 0 Å². The Morgan fingerprint density at radius 2 is 1.62 bits per heavy atom. The molecule has 1 rings (SSSR count). The number of halogens is 1. The molecule has 1 atom stereocenters. The van der Waals surface area contributed by atoms with Gasteiger partial charge in [0, 0.05) is 10.5 Å². The Morgan fingerprint density at radius 1 is 1.08 bits per heavy atom. The van der Waals surface area contributed by atoms with Crippen LogP contribution >= 0.6 is 15.9 Å². The fraction of sp³-hybridized carbons (Fsp3) is 0.455. The van der Waals surface area contributed by atoms with Crippen molar-refractivity contribution in [1.82, 2.24) is 0 Å². The minimum atomic E-state index is 0.106. The molecule has 0 heterocycles. The molecule has 1 aromatic rings. The summed E-state index contributed by atoms with van der Waals surface area (Å²) in [4.78, 5) is 0. The molecule has 0 aliphatic carbocycles. The van der Waals surface area contributed by atoms with Crippen molar-refractivity contribution >= 4 is 15.9 Å². The molecule has 2 heteroatoms. The molecule has 1 aromatic carbocycles. The van der Waals surface area contributed by atoms with Gasteiger partial charge < -0.3 is 5.73 Å². The van der Waals surface area contributed by atoms with E-state index in [9.17, 15) is 0 Å². The molecule has 0 amide bonds. The molecule has 0 aromatic heterocycles. The average molecular weight is 242 g/mol. The van der Waals surface area contributed by atoms with Gasteiger partial charge in [-0.2, -0.15) is 0 Å². The van der Waals surface area contributed by atoms with Crippen LogP contribution in [0, 0.1) is 0 Å². The summed E-state index contributed by atoms with van der Waals surface area (Å²) >= 11 is 3.49. The number of hydrogen-bond acceptors (Lipinski definition) is 1. The van der Waals surface area contributed by atoms with E-state index in [1.54, 1.807) is 0 Å². The second kappa shape index (κ2) is 4.25. The third kappa shape index (κ3) is 2.82. The standard InChI is InChI=1S/C11H16BrN/c1-7(2)9-4-10(8(3)13)6-11(12)5-9/h4-8H,13H2,1-3H3. The molecule has 0 aliphatic rings. The van der Waals surface area contributed by atoms with Crippen molar-refractivity contribution in [2.75, 3.05) is 0 Å². The zero-order valence-electron chi connectivity index (χ0n) is 8.34. The van der Waals surface area contributed by atoms with Crippen LogP contribution in [0.1, 0.15) is 43.9 Å². The minimum Gasteiger partial charge on any atom is -0.324 e. The second-order valence-electron chi connectivity index (χ2n) is 3.76. The first-order valence-corrected chi connectivity index (χ1v) is 5.36. The zero-order valence-corrected chi connectivity index (χ0v) is 9.93. The molecule has 0 saturated carbocycles. The summed E-state index contributed by atoms with van der Waals surface area (Å²) in [7, 11) is 0. The van der Waals surface area contributed by atoms with Gasteiger partial charge in [0.1, 0.15) is 0 Å². The van der Waals surface area contributed by atoms with Crippen molar-refractivity contribution in [3.63, 3.8) is 0 Å². The van der Waals surface area contributed by atoms with E-state index in [1.165, 1.54) is 11.1 Å². The van der Waals surface area contributed by atoms with Crippen molar-refractivity contribution in [1.29, 1.82) is 0 Å². The van der Waals surface area contributed by atoms with Crippen LogP contribution in [0.5, 0.6) is 0 Å². The van der Waals surface area contributed by atoms with E-state index in [0.717, 1.165) is 4.47 Å². The smallest absolute Gasteiger partial charge is 0.0266 e. The fourth-order valence-corrected chi connectivity index (χ4v) is 1.76. The molecule has 0 aliphatic heterocycles. The summed E-state index contributed by atoms with van der Waals surface area (Å²) in [5.74, 6) is 0.551. The van der Waals surface area contributed by atoms with Gasteiger partial charge in [-0.05, 0) is 36.1 Å². The van der Waals surface area contributed by atoms with E-state index >= 15 is 0 Å². The lowest BCUT2D eigenvalue weighted by Gasteiger charge is -2.11. The third-order valence-corrected chi connectivity index (χ3v) is 2.59. The van der Waals surface area contributed by atoms with E-state index in [4.69, 9.17) is 5.73 Å². The van der Waals surface area contributed by atoms with Crippen LogP contribution in [0.4, 0.5) is 0 Å². The van der Waals surface area contributed by atoms with Crippen molar-refractivity contribution in [2.45, 2.75) is 32.7 Å². The lowest BCUT2D eigenvalue weighted by molar-refractivity contribution is 0.802. The van der Waals surface area contributed by atoms with Crippen molar-refractivity contribution in [3.8, 4) is 0 Å². The molecule has 0 saturated heterocycles. The van der Waals surface area contributed by atoms with E-state index in [1.807, 2.05) is 6.92 Å². The molecule has 1 nitrogen and oxygen atoms in total. The van der Waals surface area contributed by atoms with Crippen LogP contribution in [0.15, 0.2) is 22.7 Å². The molecule has 72 valence electrons. The summed E-state index contributed by atoms with van der Waals surface area (Å²) in [5, 5.41) is 0. The summed E-state index contributed by atoms with van der Waals surface area (Å²) in [6.45, 7) is 6.38. The van der Waals surface area contributed by atoms with Crippen LogP contribution in [0.3, 0.4) is 0 Å². The SMILES string of the molecule is CC(C)c1cc(Br)cc(C(C)N)c1. The van der Waals surface area contributed by atoms with Gasteiger partial charge in [-0.15, -0.1) is 0 Å². The van der Waals surface area contributed by atoms with Gasteiger partial charge in [0.05, 0.1) is 0 Å². The Labute approximate surface area is 88.5 Å². The summed E-state index contributed by atoms with van der Waals surface area (Å²) < 4.78 is 1.12. The van der Waals surface area contributed by atoms with Gasteiger partial charge in [0.15, 0.2) is 0 Å². The van der Waals surface area contributed by atoms with Crippen LogP contribution in [-0.4, -0.2) is 0 Å². The zero-order chi connectivity index (χ0) is 10.0. The Bertz CT molecular complexity index is 266. The van der Waals surface area contributed by atoms with Crippen LogP contribution < -0.4 is 5.73 Å². The molecule has 0 fully saturated rings. The number of benzene rings is 1. The van der Waals surface area contributed by atoms with E-state index < -0.39 is 0 Å². The molecule has 2 N–H and O–H groups in total. The van der Waals surface area contributed by atoms with E-state index in [2.05, 4.69) is 48.0 Å². The highest BCUT2D eigenvalue weighted by atomic mass is 79.9. The minimum absolute atomic E-state index is 0.106. The monoisotopic (exact) mass is 241 g/mol. The molecular formula is C11H16BrN. The Hall–Kier alpha value is -0.340. The van der Waals surface area contributed by atoms with Crippen LogP contribution in [-0.2, 0) is 0 Å². The first-order chi connectivity index (χ1) is 6.00. The summed E-state index contributed by atoms with van der Waals surface area (Å²) in [5.41, 5.74) is 8.36. The van der Waals surface area contributed by atoms with Gasteiger partial charge in [-0.3, -0.25) is 0 Å². The predicted octanol–water partition coefficient (Wildman–Crippen LogP) is 3.59. The third-order valence-electron chi connectivity index (χ3n) is 2.13. The molecule has 0 radical (unpaired) electrons. The van der Waals surface area contributed by atoms with Crippen LogP contribution in [0.25, 0.3) is 0 Å². The number of nitrogens with two attached hydrogens (primary N) is 1. The molecule has 0 spiro atoms. The molecule has 13 heavy (non-hydrogen) atoms. The Balaban J connectivity index is 3.11. The highest BCUT2D eigenvalue weighted by Gasteiger charge is 2.05. The fourth-order valence-electron chi connectivity index (χ4n) is 1.23. The van der Waals surface area contributed by atoms with Crippen molar-refractivity contribution in [2.24, 2.45) is 5.73 Å². The van der Waals surface area contributed by atoms with Gasteiger partial charge in [-0.25, -0.2) is 0 Å². The maximum atomic E-state index is 5.83. The van der Waals surface area contributed by atoms with Crippen molar-refractivity contribution < 1.29 is 0 Å². The average Bonchev–Trinajstić information content (AvgIpc) is 2.03. The van der Waals surface area contributed by atoms with Gasteiger partial charge in [-0.1, -0.05) is 35.8 Å². The maximum absolute atomic E-state index is 5.83. The number of hydrogen-bond donors (Lipinski definition) is 1. The normalized spacial score (nSPS) is 13.4. The topological polar surface area (TPSA) is 26.0 Å². The van der Waals surface area contributed by atoms with Crippen molar-refractivity contribution in [3.05, 3.63) is 33.8 Å². The van der Waals surface area contributed by atoms with Gasteiger partial charge in [0.25, 0.3) is 0 Å². The maximum Gasteiger partial charge on any atom is 0.0266 e. The Kier molecular flexibility index (Phi) is 3.51. The Morgan fingerprint density at radius 3 is 2.08 bits per heavy atom. The summed E-state index contributed by atoms with van der Waals surface area (Å²) in [6, 6.07) is 6.52. The largest absolute Gasteiger partial charge is 0.324 e. The lowest BCUT2D eigenvalue weighted by Crippen LogP contribution is -2.05. The molecule has 0 bridgehead atoms. The quantitative estimate of drug-likeness (QED) is 0.842. The first kappa shape index (κ1) is 10.7. The predicted molar refractivity (Wildman–Crippen MR) is 60.8 cm³/mol.